The van der Waals surface area contributed by atoms with Crippen molar-refractivity contribution in [2.45, 2.75) is 0 Å². The van der Waals surface area contributed by atoms with E-state index in [0.717, 1.165) is 14.7 Å². The van der Waals surface area contributed by atoms with E-state index in [-0.39, 0.29) is 5.56 Å². The van der Waals surface area contributed by atoms with E-state index in [9.17, 15) is 4.79 Å². The van der Waals surface area contributed by atoms with Gasteiger partial charge < -0.3 is 9.47 Å². The molecule has 0 saturated carbocycles. The predicted octanol–water partition coefficient (Wildman–Crippen LogP) is 5.12. The second-order valence-electron chi connectivity index (χ2n) is 6.81. The summed E-state index contributed by atoms with van der Waals surface area (Å²) in [6, 6.07) is 20.5. The highest BCUT2D eigenvalue weighted by Gasteiger charge is 2.13. The fourth-order valence-corrected chi connectivity index (χ4v) is 4.01. The Morgan fingerprint density at radius 1 is 1.12 bits per heavy atom. The molecule has 7 heteroatoms. The summed E-state index contributed by atoms with van der Waals surface area (Å²) < 4.78 is 13.4. The fraction of sp³-hybridized carbons (Fsp3) is 0.0800. The van der Waals surface area contributed by atoms with E-state index in [2.05, 4.69) is 34.3 Å². The molecule has 0 saturated heterocycles. The van der Waals surface area contributed by atoms with Crippen molar-refractivity contribution in [3.63, 3.8) is 0 Å². The molecular weight excluding hydrogens is 517 g/mol. The van der Waals surface area contributed by atoms with E-state index in [1.807, 2.05) is 60.7 Å². The van der Waals surface area contributed by atoms with E-state index >= 15 is 0 Å². The Kier molecular flexibility index (Phi) is 6.65. The number of halogens is 1. The molecule has 160 valence electrons. The predicted molar refractivity (Wildman–Crippen MR) is 136 cm³/mol. The number of para-hydroxylation sites is 1. The van der Waals surface area contributed by atoms with Crippen LogP contribution in [0.2, 0.25) is 0 Å². The number of hydrogen-bond acceptors (Lipinski definition) is 5. The van der Waals surface area contributed by atoms with E-state index in [0.29, 0.717) is 34.8 Å². The van der Waals surface area contributed by atoms with Crippen molar-refractivity contribution in [1.29, 1.82) is 0 Å². The molecular formula is C25H20IN3O3. The number of hydrogen-bond donors (Lipinski definition) is 0. The highest BCUT2D eigenvalue weighted by molar-refractivity contribution is 14.1. The number of benzene rings is 3. The third-order valence-corrected chi connectivity index (χ3v) is 5.51. The van der Waals surface area contributed by atoms with Crippen molar-refractivity contribution >= 4 is 39.7 Å². The molecule has 6 nitrogen and oxygen atoms in total. The van der Waals surface area contributed by atoms with Gasteiger partial charge in [-0.05, 0) is 52.4 Å². The van der Waals surface area contributed by atoms with Crippen LogP contribution in [0, 0.1) is 3.57 Å². The number of rotatable bonds is 7. The first-order chi connectivity index (χ1) is 15.6. The normalized spacial score (nSPS) is 11.1. The Labute approximate surface area is 199 Å². The van der Waals surface area contributed by atoms with Gasteiger partial charge >= 0.3 is 0 Å². The molecule has 0 aliphatic rings. The molecule has 0 bridgehead atoms. The topological polar surface area (TPSA) is 65.7 Å². The van der Waals surface area contributed by atoms with Gasteiger partial charge in [0.15, 0.2) is 17.3 Å². The Balaban J connectivity index is 1.84. The van der Waals surface area contributed by atoms with Crippen molar-refractivity contribution in [2.75, 3.05) is 13.7 Å². The zero-order valence-electron chi connectivity index (χ0n) is 17.4. The van der Waals surface area contributed by atoms with Gasteiger partial charge in [-0.3, -0.25) is 4.79 Å². The largest absolute Gasteiger partial charge is 0.493 e. The van der Waals surface area contributed by atoms with Crippen molar-refractivity contribution in [1.82, 2.24) is 9.66 Å². The van der Waals surface area contributed by atoms with Crippen molar-refractivity contribution in [3.8, 4) is 22.9 Å². The monoisotopic (exact) mass is 537 g/mol. The average Bonchev–Trinajstić information content (AvgIpc) is 2.83. The summed E-state index contributed by atoms with van der Waals surface area (Å²) in [7, 11) is 1.58. The number of ether oxygens (including phenoxy) is 2. The van der Waals surface area contributed by atoms with Crippen LogP contribution in [-0.2, 0) is 0 Å². The molecule has 0 atom stereocenters. The quantitative estimate of drug-likeness (QED) is 0.187. The second-order valence-corrected chi connectivity index (χ2v) is 7.98. The Morgan fingerprint density at radius 2 is 1.88 bits per heavy atom. The molecule has 4 rings (SSSR count). The van der Waals surface area contributed by atoms with E-state index in [1.165, 1.54) is 4.68 Å². The molecule has 1 aromatic heterocycles. The average molecular weight is 537 g/mol. The molecule has 0 N–H and O–H groups in total. The fourth-order valence-electron chi connectivity index (χ4n) is 3.23. The minimum Gasteiger partial charge on any atom is -0.493 e. The smallest absolute Gasteiger partial charge is 0.282 e. The van der Waals surface area contributed by atoms with Crippen LogP contribution in [0.15, 0.2) is 89.3 Å². The third-order valence-electron chi connectivity index (χ3n) is 4.71. The SMILES string of the molecule is C=CCOc1c(I)cc(C=Nn2c(-c3ccccc3)nc3ccccc3c2=O)cc1OC. The zero-order valence-corrected chi connectivity index (χ0v) is 19.5. The van der Waals surface area contributed by atoms with Gasteiger partial charge in [-0.2, -0.15) is 9.78 Å². The Hall–Kier alpha value is -3.46. The lowest BCUT2D eigenvalue weighted by Gasteiger charge is -2.12. The van der Waals surface area contributed by atoms with Crippen LogP contribution in [0.25, 0.3) is 22.3 Å². The first-order valence-corrected chi connectivity index (χ1v) is 10.9. The van der Waals surface area contributed by atoms with E-state index in [1.54, 1.807) is 25.5 Å². The molecule has 0 aliphatic carbocycles. The lowest BCUT2D eigenvalue weighted by Crippen LogP contribution is -2.20. The van der Waals surface area contributed by atoms with E-state index in [4.69, 9.17) is 14.5 Å². The van der Waals surface area contributed by atoms with Crippen LogP contribution >= 0.6 is 22.6 Å². The summed E-state index contributed by atoms with van der Waals surface area (Å²) in [6.45, 7) is 4.05. The molecule has 0 amide bonds. The van der Waals surface area contributed by atoms with Crippen LogP contribution in [0.5, 0.6) is 11.5 Å². The molecule has 0 aliphatic heterocycles. The summed E-state index contributed by atoms with van der Waals surface area (Å²) in [5.74, 6) is 1.69. The molecule has 4 aromatic rings. The molecule has 0 unspecified atom stereocenters. The first-order valence-electron chi connectivity index (χ1n) is 9.85. The lowest BCUT2D eigenvalue weighted by molar-refractivity contribution is 0.324. The maximum absolute atomic E-state index is 13.3. The van der Waals surface area contributed by atoms with Crippen LogP contribution in [-0.4, -0.2) is 29.6 Å². The van der Waals surface area contributed by atoms with E-state index < -0.39 is 0 Å². The molecule has 0 spiro atoms. The Morgan fingerprint density at radius 3 is 2.62 bits per heavy atom. The second kappa shape index (κ2) is 9.78. The van der Waals surface area contributed by atoms with Gasteiger partial charge in [-0.25, -0.2) is 4.98 Å². The Bertz CT molecular complexity index is 1360. The number of fused-ring (bicyclic) bond motifs is 1. The molecule has 1 heterocycles. The molecule has 0 radical (unpaired) electrons. The van der Waals surface area contributed by atoms with Crippen LogP contribution in [0.3, 0.4) is 0 Å². The highest BCUT2D eigenvalue weighted by Crippen LogP contribution is 2.33. The minimum absolute atomic E-state index is 0.238. The summed E-state index contributed by atoms with van der Waals surface area (Å²) in [5, 5.41) is 5.02. The van der Waals surface area contributed by atoms with Gasteiger partial charge in [-0.15, -0.1) is 0 Å². The highest BCUT2D eigenvalue weighted by atomic mass is 127. The van der Waals surface area contributed by atoms with Crippen molar-refractivity contribution in [2.24, 2.45) is 5.10 Å². The summed E-state index contributed by atoms with van der Waals surface area (Å²) in [5.41, 5.74) is 1.95. The minimum atomic E-state index is -0.238. The van der Waals surface area contributed by atoms with Gasteiger partial charge in [0.1, 0.15) is 6.61 Å². The standard InChI is InChI=1S/C25H20IN3O3/c1-3-13-32-23-20(26)14-17(15-22(23)31-2)16-27-29-24(18-9-5-4-6-10-18)28-21-12-8-7-11-19(21)25(29)30/h3-12,14-16H,1,13H2,2H3. The first kappa shape index (κ1) is 21.8. The van der Waals surface area contributed by atoms with Crippen LogP contribution in [0.1, 0.15) is 5.56 Å². The maximum Gasteiger partial charge on any atom is 0.282 e. The molecule has 0 fully saturated rings. The van der Waals surface area contributed by atoms with Gasteiger partial charge in [0.05, 0.1) is 27.8 Å². The van der Waals surface area contributed by atoms with Gasteiger partial charge in [0.25, 0.3) is 5.56 Å². The number of methoxy groups -OCH3 is 1. The third kappa shape index (κ3) is 4.43. The van der Waals surface area contributed by atoms with Crippen LogP contribution < -0.4 is 15.0 Å². The maximum atomic E-state index is 13.3. The van der Waals surface area contributed by atoms with Gasteiger partial charge in [0, 0.05) is 5.56 Å². The summed E-state index contributed by atoms with van der Waals surface area (Å²) >= 11 is 2.18. The number of nitrogens with zero attached hydrogens (tertiary/aromatic N) is 3. The van der Waals surface area contributed by atoms with Gasteiger partial charge in [-0.1, -0.05) is 55.1 Å². The van der Waals surface area contributed by atoms with Crippen LogP contribution in [0.4, 0.5) is 0 Å². The molecule has 32 heavy (non-hydrogen) atoms. The van der Waals surface area contributed by atoms with Crippen molar-refractivity contribution < 1.29 is 9.47 Å². The van der Waals surface area contributed by atoms with Gasteiger partial charge in [0.2, 0.25) is 0 Å². The summed E-state index contributed by atoms with van der Waals surface area (Å²) in [4.78, 5) is 18.0. The molecule has 3 aromatic carbocycles. The number of aromatic nitrogens is 2. The van der Waals surface area contributed by atoms with Crippen molar-refractivity contribution in [3.05, 3.63) is 98.9 Å². The summed E-state index contributed by atoms with van der Waals surface area (Å²) in [6.07, 6.45) is 3.29. The zero-order chi connectivity index (χ0) is 22.5. The lowest BCUT2D eigenvalue weighted by atomic mass is 10.2.